The van der Waals surface area contributed by atoms with Crippen molar-refractivity contribution in [2.24, 2.45) is 5.92 Å². The maximum atomic E-state index is 12.0. The van der Waals surface area contributed by atoms with Crippen LogP contribution in [0.4, 0.5) is 5.69 Å². The summed E-state index contributed by atoms with van der Waals surface area (Å²) in [5.41, 5.74) is 0.881. The van der Waals surface area contributed by atoms with E-state index in [9.17, 15) is 4.79 Å². The summed E-state index contributed by atoms with van der Waals surface area (Å²) < 4.78 is 1.72. The summed E-state index contributed by atoms with van der Waals surface area (Å²) in [4.78, 5) is 12.0. The van der Waals surface area contributed by atoms with E-state index in [0.29, 0.717) is 22.3 Å². The van der Waals surface area contributed by atoms with Crippen molar-refractivity contribution in [3.8, 4) is 0 Å². The molecule has 0 spiro atoms. The van der Waals surface area contributed by atoms with Crippen LogP contribution < -0.4 is 5.32 Å². The lowest BCUT2D eigenvalue weighted by Gasteiger charge is -2.04. The summed E-state index contributed by atoms with van der Waals surface area (Å²) in [5.74, 6) is 0.399. The van der Waals surface area contributed by atoms with Gasteiger partial charge in [0, 0.05) is 6.54 Å². The largest absolute Gasteiger partial charge is 0.319 e. The molecule has 1 N–H and O–H groups in total. The minimum absolute atomic E-state index is 0.296. The van der Waals surface area contributed by atoms with E-state index in [1.54, 1.807) is 23.0 Å². The van der Waals surface area contributed by atoms with Gasteiger partial charge in [0.05, 0.1) is 16.9 Å². The van der Waals surface area contributed by atoms with Crippen molar-refractivity contribution in [1.29, 1.82) is 0 Å². The van der Waals surface area contributed by atoms with Crippen LogP contribution in [0.15, 0.2) is 30.5 Å². The van der Waals surface area contributed by atoms with Crippen LogP contribution in [-0.2, 0) is 6.54 Å². The van der Waals surface area contributed by atoms with Gasteiger partial charge in [0.15, 0.2) is 5.69 Å². The van der Waals surface area contributed by atoms with Crippen molar-refractivity contribution in [2.75, 3.05) is 5.32 Å². The average molecular weight is 277 g/mol. The van der Waals surface area contributed by atoms with Gasteiger partial charge in [0.25, 0.3) is 5.91 Å². The highest BCUT2D eigenvalue weighted by Gasteiger charge is 2.23. The molecule has 98 valence electrons. The summed E-state index contributed by atoms with van der Waals surface area (Å²) in [6.07, 6.45) is 4.15. The topological polar surface area (TPSA) is 59.8 Å². The molecule has 6 heteroatoms. The van der Waals surface area contributed by atoms with Crippen molar-refractivity contribution >= 4 is 23.2 Å². The van der Waals surface area contributed by atoms with Gasteiger partial charge in [-0.3, -0.25) is 9.48 Å². The molecule has 1 amide bonds. The molecule has 2 aromatic rings. The second-order valence-corrected chi connectivity index (χ2v) is 5.11. The third-order valence-electron chi connectivity index (χ3n) is 3.04. The first-order chi connectivity index (χ1) is 9.22. The Labute approximate surface area is 115 Å². The normalized spacial score (nSPS) is 14.4. The molecule has 1 aromatic carbocycles. The molecule has 0 radical (unpaired) electrons. The molecule has 0 bridgehead atoms. The van der Waals surface area contributed by atoms with Crippen molar-refractivity contribution in [1.82, 2.24) is 15.0 Å². The van der Waals surface area contributed by atoms with Crippen LogP contribution in [0.5, 0.6) is 0 Å². The van der Waals surface area contributed by atoms with Crippen LogP contribution in [0.2, 0.25) is 5.02 Å². The smallest absolute Gasteiger partial charge is 0.277 e. The lowest BCUT2D eigenvalue weighted by Crippen LogP contribution is -2.12. The molecule has 5 nitrogen and oxygen atoms in total. The van der Waals surface area contributed by atoms with Crippen molar-refractivity contribution in [3.05, 3.63) is 41.2 Å². The molecule has 3 rings (SSSR count). The molecule has 0 unspecified atom stereocenters. The Balaban J connectivity index is 1.69. The maximum Gasteiger partial charge on any atom is 0.277 e. The van der Waals surface area contributed by atoms with E-state index in [2.05, 4.69) is 15.6 Å². The number of carbonyl (C=O) groups excluding carboxylic acids is 1. The van der Waals surface area contributed by atoms with E-state index in [0.717, 1.165) is 6.54 Å². The van der Waals surface area contributed by atoms with Crippen LogP contribution >= 0.6 is 11.6 Å². The standard InChI is InChI=1S/C13H13ClN4O/c14-10-3-1-2-4-11(10)15-13(19)12-8-18(17-16-12)7-9-5-6-9/h1-4,8-9H,5-7H2,(H,15,19). The second-order valence-electron chi connectivity index (χ2n) is 4.70. The fourth-order valence-corrected chi connectivity index (χ4v) is 1.99. The third kappa shape index (κ3) is 2.93. The highest BCUT2D eigenvalue weighted by molar-refractivity contribution is 6.33. The van der Waals surface area contributed by atoms with Gasteiger partial charge in [-0.2, -0.15) is 0 Å². The Morgan fingerprint density at radius 3 is 2.95 bits per heavy atom. The Kier molecular flexibility index (Phi) is 3.21. The van der Waals surface area contributed by atoms with Gasteiger partial charge >= 0.3 is 0 Å². The SMILES string of the molecule is O=C(Nc1ccccc1Cl)c1cn(CC2CC2)nn1. The number of carbonyl (C=O) groups is 1. The zero-order valence-corrected chi connectivity index (χ0v) is 11.0. The number of nitrogens with one attached hydrogen (secondary N) is 1. The summed E-state index contributed by atoms with van der Waals surface area (Å²) in [5, 5.41) is 11.1. The van der Waals surface area contributed by atoms with E-state index < -0.39 is 0 Å². The molecule has 1 fully saturated rings. The molecule has 1 heterocycles. The van der Waals surface area contributed by atoms with Gasteiger partial charge in [0.2, 0.25) is 0 Å². The van der Waals surface area contributed by atoms with Crippen LogP contribution in [0.1, 0.15) is 23.3 Å². The summed E-state index contributed by atoms with van der Waals surface area (Å²) >= 11 is 5.98. The first-order valence-corrected chi connectivity index (χ1v) is 6.56. The van der Waals surface area contributed by atoms with Gasteiger partial charge in [-0.05, 0) is 30.9 Å². The van der Waals surface area contributed by atoms with Gasteiger partial charge in [-0.25, -0.2) is 0 Å². The molecule has 1 aromatic heterocycles. The lowest BCUT2D eigenvalue weighted by atomic mass is 10.3. The second kappa shape index (κ2) is 5.01. The molecule has 1 saturated carbocycles. The summed E-state index contributed by atoms with van der Waals surface area (Å²) in [6, 6.07) is 7.09. The summed E-state index contributed by atoms with van der Waals surface area (Å²) in [7, 11) is 0. The predicted molar refractivity (Wildman–Crippen MR) is 72.2 cm³/mol. The van der Waals surface area contributed by atoms with E-state index in [-0.39, 0.29) is 5.91 Å². The first-order valence-electron chi connectivity index (χ1n) is 6.18. The number of aromatic nitrogens is 3. The molecular formula is C13H13ClN4O. The molecule has 1 aliphatic carbocycles. The Morgan fingerprint density at radius 2 is 2.21 bits per heavy atom. The quantitative estimate of drug-likeness (QED) is 0.934. The first kappa shape index (κ1) is 12.2. The van der Waals surface area contributed by atoms with E-state index in [1.165, 1.54) is 12.8 Å². The minimum atomic E-state index is -0.296. The molecule has 0 aliphatic heterocycles. The van der Waals surface area contributed by atoms with Gasteiger partial charge in [0.1, 0.15) is 0 Å². The molecular weight excluding hydrogens is 264 g/mol. The molecule has 1 aliphatic rings. The highest BCUT2D eigenvalue weighted by atomic mass is 35.5. The van der Waals surface area contributed by atoms with Crippen molar-refractivity contribution in [3.63, 3.8) is 0 Å². The Bertz CT molecular complexity index is 606. The van der Waals surface area contributed by atoms with Crippen molar-refractivity contribution in [2.45, 2.75) is 19.4 Å². The fraction of sp³-hybridized carbons (Fsp3) is 0.308. The van der Waals surface area contributed by atoms with E-state index >= 15 is 0 Å². The highest BCUT2D eigenvalue weighted by Crippen LogP contribution is 2.30. The van der Waals surface area contributed by atoms with Crippen molar-refractivity contribution < 1.29 is 4.79 Å². The van der Waals surface area contributed by atoms with Crippen LogP contribution in [0.25, 0.3) is 0 Å². The van der Waals surface area contributed by atoms with Gasteiger partial charge < -0.3 is 5.32 Å². The van der Waals surface area contributed by atoms with Gasteiger partial charge in [-0.1, -0.05) is 28.9 Å². The number of nitrogens with zero attached hydrogens (tertiary/aromatic N) is 3. The maximum absolute atomic E-state index is 12.0. The summed E-state index contributed by atoms with van der Waals surface area (Å²) in [6.45, 7) is 0.840. The number of amides is 1. The molecule has 0 atom stereocenters. The van der Waals surface area contributed by atoms with E-state index in [4.69, 9.17) is 11.6 Å². The number of benzene rings is 1. The number of halogens is 1. The fourth-order valence-electron chi connectivity index (χ4n) is 1.81. The number of anilines is 1. The number of hydrogen-bond acceptors (Lipinski definition) is 3. The number of para-hydroxylation sites is 1. The average Bonchev–Trinajstić information content (AvgIpc) is 3.08. The monoisotopic (exact) mass is 276 g/mol. The lowest BCUT2D eigenvalue weighted by molar-refractivity contribution is 0.102. The van der Waals surface area contributed by atoms with E-state index in [1.807, 2.05) is 12.1 Å². The van der Waals surface area contributed by atoms with Crippen LogP contribution in [-0.4, -0.2) is 20.9 Å². The third-order valence-corrected chi connectivity index (χ3v) is 3.37. The predicted octanol–water partition coefficient (Wildman–Crippen LogP) is 2.59. The number of rotatable bonds is 4. The zero-order valence-electron chi connectivity index (χ0n) is 10.2. The molecule has 19 heavy (non-hydrogen) atoms. The van der Waals surface area contributed by atoms with Gasteiger partial charge in [-0.15, -0.1) is 5.10 Å². The van der Waals surface area contributed by atoms with Crippen LogP contribution in [0.3, 0.4) is 0 Å². The Hall–Kier alpha value is -1.88. The zero-order chi connectivity index (χ0) is 13.2. The minimum Gasteiger partial charge on any atom is -0.319 e. The number of hydrogen-bond donors (Lipinski definition) is 1. The molecule has 0 saturated heterocycles. The Morgan fingerprint density at radius 1 is 1.42 bits per heavy atom. The van der Waals surface area contributed by atoms with Crippen LogP contribution in [0, 0.1) is 5.92 Å².